The summed E-state index contributed by atoms with van der Waals surface area (Å²) in [6.45, 7) is 0. The van der Waals surface area contributed by atoms with Gasteiger partial charge < -0.3 is 0 Å². The van der Waals surface area contributed by atoms with Crippen molar-refractivity contribution in [2.24, 2.45) is 0 Å². The monoisotopic (exact) mass is 499 g/mol. The molecule has 39 heavy (non-hydrogen) atoms. The molecule has 0 atom stereocenters. The number of pyridine rings is 2. The van der Waals surface area contributed by atoms with E-state index in [0.717, 1.165) is 28.1 Å². The lowest BCUT2D eigenvalue weighted by Crippen LogP contribution is -2.14. The van der Waals surface area contributed by atoms with E-state index in [9.17, 15) is 0 Å². The van der Waals surface area contributed by atoms with Gasteiger partial charge in [-0.25, -0.2) is 9.97 Å². The standard InChI is InChI=1S/C36H25N3/c1-2-13-26(14-3-1)27-15-12-16-28(25-27)35-29-17-4-6-19-31(29)36(32-20-7-5-18-30(32)35)39(33-21-8-10-23-37-33)34-22-9-11-24-38-34/h1-25H. The van der Waals surface area contributed by atoms with E-state index in [0.29, 0.717) is 0 Å². The van der Waals surface area contributed by atoms with Gasteiger partial charge in [-0.1, -0.05) is 109 Å². The van der Waals surface area contributed by atoms with E-state index in [1.165, 1.54) is 33.0 Å². The van der Waals surface area contributed by atoms with Gasteiger partial charge in [0.15, 0.2) is 0 Å². The van der Waals surface area contributed by atoms with Gasteiger partial charge in [-0.15, -0.1) is 0 Å². The van der Waals surface area contributed by atoms with Crippen LogP contribution in [0.3, 0.4) is 0 Å². The third-order valence-corrected chi connectivity index (χ3v) is 7.14. The lowest BCUT2D eigenvalue weighted by molar-refractivity contribution is 1.14. The minimum Gasteiger partial charge on any atom is -0.278 e. The van der Waals surface area contributed by atoms with Crippen molar-refractivity contribution < 1.29 is 0 Å². The average molecular weight is 500 g/mol. The second kappa shape index (κ2) is 9.88. The fourth-order valence-corrected chi connectivity index (χ4v) is 5.46. The highest BCUT2D eigenvalue weighted by Crippen LogP contribution is 2.47. The van der Waals surface area contributed by atoms with Crippen molar-refractivity contribution in [1.29, 1.82) is 0 Å². The molecule has 3 heteroatoms. The van der Waals surface area contributed by atoms with Crippen LogP contribution in [0.25, 0.3) is 43.8 Å². The lowest BCUT2D eigenvalue weighted by atomic mass is 9.89. The molecular formula is C36H25N3. The van der Waals surface area contributed by atoms with Gasteiger partial charge in [0, 0.05) is 23.2 Å². The molecule has 3 nitrogen and oxygen atoms in total. The molecule has 0 N–H and O–H groups in total. The van der Waals surface area contributed by atoms with Crippen molar-refractivity contribution in [3.05, 3.63) is 152 Å². The maximum atomic E-state index is 4.76. The predicted octanol–water partition coefficient (Wildman–Crippen LogP) is 9.59. The Balaban J connectivity index is 1.57. The zero-order valence-electron chi connectivity index (χ0n) is 21.3. The number of hydrogen-bond acceptors (Lipinski definition) is 3. The van der Waals surface area contributed by atoms with Gasteiger partial charge in [0.1, 0.15) is 11.6 Å². The summed E-state index contributed by atoms with van der Waals surface area (Å²) < 4.78 is 0. The molecule has 0 aliphatic rings. The second-order valence-corrected chi connectivity index (χ2v) is 9.47. The molecule has 0 bridgehead atoms. The van der Waals surface area contributed by atoms with E-state index in [-0.39, 0.29) is 0 Å². The Morgan fingerprint density at radius 1 is 0.385 bits per heavy atom. The Bertz CT molecular complexity index is 1800. The summed E-state index contributed by atoms with van der Waals surface area (Å²) in [5.41, 5.74) is 5.90. The van der Waals surface area contributed by atoms with Crippen molar-refractivity contribution in [3.8, 4) is 22.3 Å². The molecule has 7 rings (SSSR count). The van der Waals surface area contributed by atoms with Crippen LogP contribution < -0.4 is 4.90 Å². The van der Waals surface area contributed by atoms with Gasteiger partial charge in [-0.2, -0.15) is 0 Å². The van der Waals surface area contributed by atoms with Crippen LogP contribution in [0, 0.1) is 0 Å². The molecule has 2 aromatic heterocycles. The summed E-state index contributed by atoms with van der Waals surface area (Å²) in [4.78, 5) is 11.7. The van der Waals surface area contributed by atoms with Crippen molar-refractivity contribution in [1.82, 2.24) is 9.97 Å². The first-order valence-electron chi connectivity index (χ1n) is 13.1. The van der Waals surface area contributed by atoms with Crippen LogP contribution in [0.5, 0.6) is 0 Å². The summed E-state index contributed by atoms with van der Waals surface area (Å²) in [6, 6.07) is 48.8. The molecule has 0 saturated heterocycles. The SMILES string of the molecule is c1ccc(-c2cccc(-c3c4ccccc4c(N(c4ccccn4)c4ccccn4)c4ccccc34)c2)cc1. The molecule has 0 fully saturated rings. The van der Waals surface area contributed by atoms with Crippen LogP contribution in [0.15, 0.2) is 152 Å². The second-order valence-electron chi connectivity index (χ2n) is 9.47. The average Bonchev–Trinajstić information content (AvgIpc) is 3.02. The number of nitrogens with zero attached hydrogens (tertiary/aromatic N) is 3. The van der Waals surface area contributed by atoms with Gasteiger partial charge in [-0.3, -0.25) is 4.90 Å². The third kappa shape index (κ3) is 4.11. The minimum absolute atomic E-state index is 0.824. The van der Waals surface area contributed by atoms with E-state index in [1.54, 1.807) is 0 Å². The minimum atomic E-state index is 0.824. The number of aromatic nitrogens is 2. The molecule has 2 heterocycles. The Kier molecular flexibility index (Phi) is 5.80. The van der Waals surface area contributed by atoms with Crippen LogP contribution in [0.1, 0.15) is 0 Å². The zero-order chi connectivity index (χ0) is 26.0. The topological polar surface area (TPSA) is 29.0 Å². The van der Waals surface area contributed by atoms with Crippen molar-refractivity contribution >= 4 is 38.9 Å². The molecule has 0 saturated carbocycles. The predicted molar refractivity (Wildman–Crippen MR) is 163 cm³/mol. The molecule has 184 valence electrons. The Morgan fingerprint density at radius 2 is 0.872 bits per heavy atom. The first-order valence-corrected chi connectivity index (χ1v) is 13.1. The highest BCUT2D eigenvalue weighted by Gasteiger charge is 2.23. The molecule has 0 aliphatic heterocycles. The summed E-state index contributed by atoms with van der Waals surface area (Å²) in [6.07, 6.45) is 3.66. The number of hydrogen-bond donors (Lipinski definition) is 0. The first kappa shape index (κ1) is 22.9. The smallest absolute Gasteiger partial charge is 0.138 e. The molecule has 0 radical (unpaired) electrons. The van der Waals surface area contributed by atoms with E-state index in [1.807, 2.05) is 48.8 Å². The van der Waals surface area contributed by atoms with Crippen LogP contribution in [-0.2, 0) is 0 Å². The Hall–Kier alpha value is -5.28. The molecule has 0 amide bonds. The summed E-state index contributed by atoms with van der Waals surface area (Å²) in [7, 11) is 0. The van der Waals surface area contributed by atoms with Gasteiger partial charge in [-0.05, 0) is 63.4 Å². The highest BCUT2D eigenvalue weighted by atomic mass is 15.2. The molecule has 0 spiro atoms. The molecular weight excluding hydrogens is 474 g/mol. The Labute approximate surface area is 227 Å². The zero-order valence-corrected chi connectivity index (χ0v) is 21.3. The van der Waals surface area contributed by atoms with E-state index < -0.39 is 0 Å². The summed E-state index contributed by atoms with van der Waals surface area (Å²) >= 11 is 0. The van der Waals surface area contributed by atoms with Gasteiger partial charge >= 0.3 is 0 Å². The van der Waals surface area contributed by atoms with Crippen LogP contribution in [0.2, 0.25) is 0 Å². The van der Waals surface area contributed by atoms with Crippen molar-refractivity contribution in [2.45, 2.75) is 0 Å². The van der Waals surface area contributed by atoms with Gasteiger partial charge in [0.25, 0.3) is 0 Å². The number of benzene rings is 5. The largest absolute Gasteiger partial charge is 0.278 e. The third-order valence-electron chi connectivity index (χ3n) is 7.14. The molecule has 7 aromatic rings. The molecule has 5 aromatic carbocycles. The fraction of sp³-hybridized carbons (Fsp3) is 0. The number of anilines is 3. The van der Waals surface area contributed by atoms with Gasteiger partial charge in [0.05, 0.1) is 5.69 Å². The molecule has 0 aliphatic carbocycles. The maximum Gasteiger partial charge on any atom is 0.138 e. The summed E-state index contributed by atoms with van der Waals surface area (Å²) in [5, 5.41) is 4.67. The number of fused-ring (bicyclic) bond motifs is 2. The van der Waals surface area contributed by atoms with E-state index in [2.05, 4.69) is 108 Å². The lowest BCUT2D eigenvalue weighted by Gasteiger charge is -2.27. The van der Waals surface area contributed by atoms with Crippen molar-refractivity contribution in [2.75, 3.05) is 4.90 Å². The maximum absolute atomic E-state index is 4.76. The normalized spacial score (nSPS) is 11.1. The van der Waals surface area contributed by atoms with Crippen LogP contribution >= 0.6 is 0 Å². The van der Waals surface area contributed by atoms with Crippen molar-refractivity contribution in [3.63, 3.8) is 0 Å². The van der Waals surface area contributed by atoms with E-state index in [4.69, 9.17) is 9.97 Å². The molecule has 0 unspecified atom stereocenters. The Morgan fingerprint density at radius 3 is 1.44 bits per heavy atom. The van der Waals surface area contributed by atoms with Crippen LogP contribution in [-0.4, -0.2) is 9.97 Å². The summed E-state index contributed by atoms with van der Waals surface area (Å²) in [5.74, 6) is 1.65. The first-order chi connectivity index (χ1) is 19.4. The fourth-order valence-electron chi connectivity index (χ4n) is 5.46. The number of rotatable bonds is 5. The van der Waals surface area contributed by atoms with Crippen LogP contribution in [0.4, 0.5) is 17.3 Å². The highest BCUT2D eigenvalue weighted by molar-refractivity contribution is 6.22. The quantitative estimate of drug-likeness (QED) is 0.221. The van der Waals surface area contributed by atoms with E-state index >= 15 is 0 Å². The van der Waals surface area contributed by atoms with Gasteiger partial charge in [0.2, 0.25) is 0 Å².